The highest BCUT2D eigenvalue weighted by Crippen LogP contribution is 2.39. The van der Waals surface area contributed by atoms with Crippen LogP contribution in [0.4, 0.5) is 23.8 Å². The average molecular weight is 620 g/mol. The van der Waals surface area contributed by atoms with Crippen LogP contribution in [-0.2, 0) is 10.2 Å². The highest BCUT2D eigenvalue weighted by Gasteiger charge is 2.31. The van der Waals surface area contributed by atoms with Crippen molar-refractivity contribution in [2.75, 3.05) is 11.9 Å². The summed E-state index contributed by atoms with van der Waals surface area (Å²) in [5, 5.41) is 13.9. The molecule has 0 atom stereocenters. The van der Waals surface area contributed by atoms with Gasteiger partial charge < -0.3 is 20.0 Å². The maximum atomic E-state index is 12.7. The number of carboxylic acid groups (broad SMARTS) is 1. The number of primary amides is 1. The number of amides is 2. The summed E-state index contributed by atoms with van der Waals surface area (Å²) in [5.74, 6) is -0.103. The molecule has 0 aliphatic heterocycles. The number of nitrogens with zero attached hydrogens (tertiary/aromatic N) is 4. The van der Waals surface area contributed by atoms with Gasteiger partial charge in [-0.2, -0.15) is 0 Å². The molecule has 232 valence electrons. The Balaban J connectivity index is 1.68. The van der Waals surface area contributed by atoms with Gasteiger partial charge >= 0.3 is 12.5 Å². The van der Waals surface area contributed by atoms with Crippen molar-refractivity contribution in [3.8, 4) is 45.1 Å². The molecule has 0 fully saturated rings. The number of ether oxygens (including phenoxy) is 1. The molecule has 0 saturated carbocycles. The first-order valence-corrected chi connectivity index (χ1v) is 13.6. The molecule has 45 heavy (non-hydrogen) atoms. The largest absolute Gasteiger partial charge is 0.573 e. The van der Waals surface area contributed by atoms with Crippen LogP contribution in [0.3, 0.4) is 0 Å². The van der Waals surface area contributed by atoms with Gasteiger partial charge in [-0.05, 0) is 66.9 Å². The fraction of sp³-hybridized carbons (Fsp3) is 0.188. The van der Waals surface area contributed by atoms with Gasteiger partial charge in [0.25, 0.3) is 0 Å². The molecule has 0 saturated heterocycles. The molecule has 2 aromatic heterocycles. The molecule has 2 amide bonds. The molecule has 5 aromatic rings. The first-order chi connectivity index (χ1) is 21.1. The van der Waals surface area contributed by atoms with E-state index in [0.29, 0.717) is 39.7 Å². The van der Waals surface area contributed by atoms with E-state index in [4.69, 9.17) is 10.2 Å². The van der Waals surface area contributed by atoms with Crippen molar-refractivity contribution >= 4 is 17.8 Å². The van der Waals surface area contributed by atoms with Crippen LogP contribution in [0.1, 0.15) is 25.3 Å². The Morgan fingerprint density at radius 2 is 1.64 bits per heavy atom. The number of oxazole rings is 1. The third kappa shape index (κ3) is 6.37. The summed E-state index contributed by atoms with van der Waals surface area (Å²) < 4.78 is 49.8. The number of benzene rings is 3. The van der Waals surface area contributed by atoms with E-state index in [-0.39, 0.29) is 11.6 Å². The van der Waals surface area contributed by atoms with E-state index in [1.54, 1.807) is 33.0 Å². The summed E-state index contributed by atoms with van der Waals surface area (Å²) in [6.07, 6.45) is -4.44. The molecule has 0 spiro atoms. The van der Waals surface area contributed by atoms with Crippen molar-refractivity contribution in [3.05, 3.63) is 90.4 Å². The summed E-state index contributed by atoms with van der Waals surface area (Å²) in [6.45, 7) is 5.11. The topological polar surface area (TPSA) is 137 Å². The van der Waals surface area contributed by atoms with Crippen molar-refractivity contribution in [1.29, 1.82) is 0 Å². The quantitative estimate of drug-likeness (QED) is 0.192. The van der Waals surface area contributed by atoms with Crippen LogP contribution in [0.15, 0.2) is 83.4 Å². The van der Waals surface area contributed by atoms with Gasteiger partial charge in [0.1, 0.15) is 11.4 Å². The molecular formula is C32H28F3N5O5. The van der Waals surface area contributed by atoms with Crippen molar-refractivity contribution < 1.29 is 37.0 Å². The second-order valence-corrected chi connectivity index (χ2v) is 10.7. The Morgan fingerprint density at radius 1 is 0.978 bits per heavy atom. The summed E-state index contributed by atoms with van der Waals surface area (Å²) >= 11 is 0. The number of rotatable bonds is 8. The molecule has 0 radical (unpaired) electrons. The van der Waals surface area contributed by atoms with E-state index >= 15 is 0 Å². The van der Waals surface area contributed by atoms with Crippen LogP contribution in [-0.4, -0.2) is 45.3 Å². The summed E-state index contributed by atoms with van der Waals surface area (Å²) in [5.41, 5.74) is 8.77. The zero-order valence-electron chi connectivity index (χ0n) is 24.6. The summed E-state index contributed by atoms with van der Waals surface area (Å²) in [6, 6.07) is 19.6. The fourth-order valence-corrected chi connectivity index (χ4v) is 4.67. The van der Waals surface area contributed by atoms with Crippen LogP contribution < -0.4 is 15.4 Å². The van der Waals surface area contributed by atoms with Gasteiger partial charge in [-0.3, -0.25) is 9.69 Å². The van der Waals surface area contributed by atoms with E-state index in [1.165, 1.54) is 42.1 Å². The second kappa shape index (κ2) is 11.5. The highest BCUT2D eigenvalue weighted by atomic mass is 19.4. The van der Waals surface area contributed by atoms with Crippen molar-refractivity contribution in [3.63, 3.8) is 0 Å². The number of alkyl halides is 3. The number of aryl methyl sites for hydroxylation is 1. The lowest BCUT2D eigenvalue weighted by Gasteiger charge is -2.22. The van der Waals surface area contributed by atoms with Crippen LogP contribution in [0.2, 0.25) is 0 Å². The minimum Gasteiger partial charge on any atom is -0.465 e. The third-order valence-electron chi connectivity index (χ3n) is 7.32. The van der Waals surface area contributed by atoms with E-state index < -0.39 is 23.8 Å². The number of halogens is 3. The molecule has 3 N–H and O–H groups in total. The van der Waals surface area contributed by atoms with Gasteiger partial charge in [0, 0.05) is 37.4 Å². The third-order valence-corrected chi connectivity index (χ3v) is 7.32. The van der Waals surface area contributed by atoms with E-state index in [0.717, 1.165) is 16.0 Å². The lowest BCUT2D eigenvalue weighted by atomic mass is 9.82. The molecule has 3 aromatic carbocycles. The standard InChI is InChI=1S/C32H28F3N5O5/c1-18-37-27(19-8-11-23(12-9-19)45-32(33,34)35)28(44-18)24-17-21(20-6-5-7-22(16-20)31(2,3)29(36)41)10-13-25(24)40-15-14-26(38-40)39(4)30(42)43/h5-17H,1-4H3,(H2,36,41)(H,42,43). The number of carbonyl (C=O) groups excluding carboxylic acids is 1. The van der Waals surface area contributed by atoms with Crippen LogP contribution >= 0.6 is 0 Å². The maximum absolute atomic E-state index is 12.7. The van der Waals surface area contributed by atoms with Gasteiger partial charge in [0.2, 0.25) is 5.91 Å². The first-order valence-electron chi connectivity index (χ1n) is 13.6. The smallest absolute Gasteiger partial charge is 0.465 e. The predicted octanol–water partition coefficient (Wildman–Crippen LogP) is 6.95. The average Bonchev–Trinajstić information content (AvgIpc) is 3.63. The number of nitrogens with two attached hydrogens (primary N) is 1. The maximum Gasteiger partial charge on any atom is 0.573 e. The molecule has 13 heteroatoms. The zero-order valence-corrected chi connectivity index (χ0v) is 24.6. The Morgan fingerprint density at radius 3 is 2.29 bits per heavy atom. The molecule has 5 rings (SSSR count). The SMILES string of the molecule is Cc1nc(-c2ccc(OC(F)(F)F)cc2)c(-c2cc(-c3cccc(C(C)(C)C(N)=O)c3)ccc2-n2ccc(N(C)C(=O)O)n2)o1. The lowest BCUT2D eigenvalue weighted by molar-refractivity contribution is -0.274. The summed E-state index contributed by atoms with van der Waals surface area (Å²) in [7, 11) is 1.36. The van der Waals surface area contributed by atoms with Crippen LogP contribution in [0.25, 0.3) is 39.4 Å². The lowest BCUT2D eigenvalue weighted by Crippen LogP contribution is -2.35. The number of hydrogen-bond donors (Lipinski definition) is 2. The van der Waals surface area contributed by atoms with E-state index in [9.17, 15) is 27.9 Å². The molecule has 0 bridgehead atoms. The molecule has 2 heterocycles. The van der Waals surface area contributed by atoms with Crippen molar-refractivity contribution in [1.82, 2.24) is 14.8 Å². The van der Waals surface area contributed by atoms with Crippen molar-refractivity contribution in [2.45, 2.75) is 32.5 Å². The molecule has 0 unspecified atom stereocenters. The fourth-order valence-electron chi connectivity index (χ4n) is 4.67. The second-order valence-electron chi connectivity index (χ2n) is 10.7. The number of hydrogen-bond acceptors (Lipinski definition) is 6. The van der Waals surface area contributed by atoms with Gasteiger partial charge in [-0.1, -0.05) is 30.3 Å². The Kier molecular flexibility index (Phi) is 7.88. The molecule has 0 aliphatic carbocycles. The monoisotopic (exact) mass is 619 g/mol. The normalized spacial score (nSPS) is 11.8. The van der Waals surface area contributed by atoms with Gasteiger partial charge in [0.15, 0.2) is 17.5 Å². The Labute approximate surface area is 255 Å². The zero-order chi connectivity index (χ0) is 32.7. The Bertz CT molecular complexity index is 1890. The van der Waals surface area contributed by atoms with Gasteiger partial charge in [-0.25, -0.2) is 14.5 Å². The van der Waals surface area contributed by atoms with E-state index in [2.05, 4.69) is 14.8 Å². The highest BCUT2D eigenvalue weighted by molar-refractivity contribution is 5.88. The number of aromatic nitrogens is 3. The van der Waals surface area contributed by atoms with Crippen LogP contribution in [0.5, 0.6) is 5.75 Å². The number of carbonyl (C=O) groups is 2. The summed E-state index contributed by atoms with van der Waals surface area (Å²) in [4.78, 5) is 29.2. The molecular weight excluding hydrogens is 591 g/mol. The molecule has 0 aliphatic rings. The minimum absolute atomic E-state index is 0.174. The number of anilines is 1. The Hall–Kier alpha value is -5.59. The predicted molar refractivity (Wildman–Crippen MR) is 160 cm³/mol. The van der Waals surface area contributed by atoms with Crippen LogP contribution in [0, 0.1) is 6.92 Å². The van der Waals surface area contributed by atoms with Gasteiger partial charge in [0.05, 0.1) is 11.1 Å². The van der Waals surface area contributed by atoms with E-state index in [1.807, 2.05) is 36.4 Å². The first kappa shape index (κ1) is 30.9. The minimum atomic E-state index is -4.84. The van der Waals surface area contributed by atoms with Crippen molar-refractivity contribution in [2.24, 2.45) is 5.73 Å². The molecule has 10 nitrogen and oxygen atoms in total. The van der Waals surface area contributed by atoms with Gasteiger partial charge in [-0.15, -0.1) is 18.3 Å².